The van der Waals surface area contributed by atoms with Crippen molar-refractivity contribution in [2.45, 2.75) is 38.4 Å². The minimum absolute atomic E-state index is 0.0521. The fourth-order valence-electron chi connectivity index (χ4n) is 4.56. The lowest BCUT2D eigenvalue weighted by atomic mass is 9.94. The Kier molecular flexibility index (Phi) is 8.01. The number of aromatic nitrogens is 2. The molecule has 0 radical (unpaired) electrons. The first-order valence-electron chi connectivity index (χ1n) is 12.0. The molecule has 1 aliphatic rings. The van der Waals surface area contributed by atoms with Crippen molar-refractivity contribution >= 4 is 11.8 Å². The lowest BCUT2D eigenvalue weighted by Gasteiger charge is -2.21. The molecule has 0 aliphatic carbocycles. The van der Waals surface area contributed by atoms with Crippen LogP contribution in [0.15, 0.2) is 54.6 Å². The number of para-hydroxylation sites is 1. The summed E-state index contributed by atoms with van der Waals surface area (Å²) in [4.78, 5) is 15.4. The van der Waals surface area contributed by atoms with Gasteiger partial charge in [-0.1, -0.05) is 37.3 Å². The zero-order chi connectivity index (χ0) is 26.6. The van der Waals surface area contributed by atoms with Crippen molar-refractivity contribution in [2.75, 3.05) is 31.6 Å². The average molecular weight is 520 g/mol. The molecule has 7 nitrogen and oxygen atoms in total. The van der Waals surface area contributed by atoms with Crippen molar-refractivity contribution in [3.63, 3.8) is 0 Å². The molecule has 37 heavy (non-hydrogen) atoms. The number of alkyl halides is 3. The molecule has 2 aromatic carbocycles. The van der Waals surface area contributed by atoms with Gasteiger partial charge in [0.25, 0.3) is 0 Å². The van der Waals surface area contributed by atoms with Crippen LogP contribution < -0.4 is 15.4 Å². The number of halogens is 4. The molecule has 0 bridgehead atoms. The Bertz CT molecular complexity index is 1200. The van der Waals surface area contributed by atoms with E-state index in [4.69, 9.17) is 4.74 Å². The van der Waals surface area contributed by atoms with Gasteiger partial charge >= 0.3 is 12.2 Å². The molecule has 1 fully saturated rings. The maximum Gasteiger partial charge on any atom is 0.422 e. The number of ether oxygens (including phenoxy) is 1. The normalized spacial score (nSPS) is 18.1. The number of hydrogen-bond donors (Lipinski definition) is 2. The standard InChI is InChI=1S/C26H29F4N5O2/c1-3-13-34-14-21(18-9-11-19(27)12-10-18)22(15-34)31-25(36)32-23-17(2)24(37-16-26(28,29)30)33-35(23)20-7-5-4-6-8-20/h4-12,21-22H,3,13-16H2,1-2H3,(H2,31,32,36). The van der Waals surface area contributed by atoms with E-state index in [9.17, 15) is 22.4 Å². The number of nitrogens with zero attached hydrogens (tertiary/aromatic N) is 3. The molecule has 2 heterocycles. The topological polar surface area (TPSA) is 71.4 Å². The first kappa shape index (κ1) is 26.5. The highest BCUT2D eigenvalue weighted by molar-refractivity contribution is 5.90. The van der Waals surface area contributed by atoms with Crippen LogP contribution in [0.3, 0.4) is 0 Å². The number of urea groups is 1. The van der Waals surface area contributed by atoms with E-state index in [1.54, 1.807) is 42.5 Å². The molecule has 2 N–H and O–H groups in total. The minimum atomic E-state index is -4.53. The third-order valence-electron chi connectivity index (χ3n) is 6.23. The van der Waals surface area contributed by atoms with E-state index in [1.807, 2.05) is 0 Å². The summed E-state index contributed by atoms with van der Waals surface area (Å²) in [5.41, 5.74) is 1.72. The summed E-state index contributed by atoms with van der Waals surface area (Å²) in [6, 6.07) is 14.2. The van der Waals surface area contributed by atoms with Crippen molar-refractivity contribution in [2.24, 2.45) is 0 Å². The molecular formula is C26H29F4N5O2. The fraction of sp³-hybridized carbons (Fsp3) is 0.385. The quantitative estimate of drug-likeness (QED) is 0.399. The van der Waals surface area contributed by atoms with Gasteiger partial charge in [-0.15, -0.1) is 5.10 Å². The number of rotatable bonds is 8. The van der Waals surface area contributed by atoms with Crippen LogP contribution in [0.2, 0.25) is 0 Å². The van der Waals surface area contributed by atoms with Gasteiger partial charge in [0.1, 0.15) is 11.6 Å². The molecule has 1 saturated heterocycles. The Labute approximate surface area is 212 Å². The van der Waals surface area contributed by atoms with Gasteiger partial charge in [0, 0.05) is 19.0 Å². The molecule has 1 aliphatic heterocycles. The number of anilines is 1. The summed E-state index contributed by atoms with van der Waals surface area (Å²) in [5, 5.41) is 9.95. The maximum absolute atomic E-state index is 13.5. The molecular weight excluding hydrogens is 490 g/mol. The summed E-state index contributed by atoms with van der Waals surface area (Å²) >= 11 is 0. The van der Waals surface area contributed by atoms with Crippen molar-refractivity contribution in [3.05, 3.63) is 71.5 Å². The lowest BCUT2D eigenvalue weighted by molar-refractivity contribution is -0.154. The molecule has 0 saturated carbocycles. The van der Waals surface area contributed by atoms with Crippen LogP contribution in [0.1, 0.15) is 30.4 Å². The van der Waals surface area contributed by atoms with Crippen LogP contribution in [-0.2, 0) is 0 Å². The number of benzene rings is 2. The highest BCUT2D eigenvalue weighted by atomic mass is 19.4. The first-order valence-corrected chi connectivity index (χ1v) is 12.0. The molecule has 2 unspecified atom stereocenters. The summed E-state index contributed by atoms with van der Waals surface area (Å²) in [5.74, 6) is -0.412. The van der Waals surface area contributed by atoms with E-state index in [-0.39, 0.29) is 35.0 Å². The van der Waals surface area contributed by atoms with E-state index < -0.39 is 18.8 Å². The molecule has 2 atom stereocenters. The van der Waals surface area contributed by atoms with Crippen LogP contribution in [0.5, 0.6) is 5.88 Å². The average Bonchev–Trinajstić information content (AvgIpc) is 3.39. The van der Waals surface area contributed by atoms with Crippen molar-refractivity contribution in [1.29, 1.82) is 0 Å². The van der Waals surface area contributed by atoms with Crippen LogP contribution >= 0.6 is 0 Å². The third-order valence-corrected chi connectivity index (χ3v) is 6.23. The molecule has 11 heteroatoms. The zero-order valence-electron chi connectivity index (χ0n) is 20.6. The Morgan fingerprint density at radius 3 is 2.46 bits per heavy atom. The Morgan fingerprint density at radius 1 is 1.11 bits per heavy atom. The second kappa shape index (κ2) is 11.2. The summed E-state index contributed by atoms with van der Waals surface area (Å²) in [7, 11) is 0. The van der Waals surface area contributed by atoms with Gasteiger partial charge in [0.15, 0.2) is 6.61 Å². The largest absolute Gasteiger partial charge is 0.467 e. The minimum Gasteiger partial charge on any atom is -0.467 e. The van der Waals surface area contributed by atoms with Crippen LogP contribution in [0, 0.1) is 12.7 Å². The van der Waals surface area contributed by atoms with E-state index in [1.165, 1.54) is 23.7 Å². The van der Waals surface area contributed by atoms with Crippen molar-refractivity contribution < 1.29 is 27.1 Å². The molecule has 198 valence electrons. The van der Waals surface area contributed by atoms with Gasteiger partial charge in [0.05, 0.1) is 17.3 Å². The molecule has 4 rings (SSSR count). The van der Waals surface area contributed by atoms with Gasteiger partial charge in [0.2, 0.25) is 5.88 Å². The van der Waals surface area contributed by atoms with Gasteiger partial charge in [-0.25, -0.2) is 13.9 Å². The number of carbonyl (C=O) groups is 1. The molecule has 3 aromatic rings. The highest BCUT2D eigenvalue weighted by Crippen LogP contribution is 2.31. The third kappa shape index (κ3) is 6.59. The number of hydrogen-bond acceptors (Lipinski definition) is 4. The van der Waals surface area contributed by atoms with E-state index in [0.717, 1.165) is 18.5 Å². The monoisotopic (exact) mass is 519 g/mol. The Balaban J connectivity index is 1.56. The van der Waals surface area contributed by atoms with Crippen LogP contribution in [-0.4, -0.2) is 59.2 Å². The second-order valence-corrected chi connectivity index (χ2v) is 9.05. The van der Waals surface area contributed by atoms with E-state index >= 15 is 0 Å². The lowest BCUT2D eigenvalue weighted by Crippen LogP contribution is -2.42. The maximum atomic E-state index is 13.5. The van der Waals surface area contributed by atoms with Gasteiger partial charge in [-0.2, -0.15) is 13.2 Å². The van der Waals surface area contributed by atoms with Crippen molar-refractivity contribution in [3.8, 4) is 11.6 Å². The SMILES string of the molecule is CCCN1CC(NC(=O)Nc2c(C)c(OCC(F)(F)F)nn2-c2ccccc2)C(c2ccc(F)cc2)C1. The van der Waals surface area contributed by atoms with E-state index in [0.29, 0.717) is 18.8 Å². The summed E-state index contributed by atoms with van der Waals surface area (Å²) in [6.45, 7) is 4.29. The van der Waals surface area contributed by atoms with Crippen molar-refractivity contribution in [1.82, 2.24) is 20.0 Å². The highest BCUT2D eigenvalue weighted by Gasteiger charge is 2.35. The second-order valence-electron chi connectivity index (χ2n) is 9.05. The summed E-state index contributed by atoms with van der Waals surface area (Å²) < 4.78 is 58.0. The number of likely N-dealkylation sites (tertiary alicyclic amines) is 1. The van der Waals surface area contributed by atoms with Crippen LogP contribution in [0.4, 0.5) is 28.2 Å². The smallest absolute Gasteiger partial charge is 0.422 e. The van der Waals surface area contributed by atoms with Gasteiger partial charge < -0.3 is 15.0 Å². The zero-order valence-corrected chi connectivity index (χ0v) is 20.6. The Morgan fingerprint density at radius 2 is 1.81 bits per heavy atom. The predicted octanol–water partition coefficient (Wildman–Crippen LogP) is 5.26. The first-order chi connectivity index (χ1) is 17.6. The molecule has 2 amide bonds. The molecule has 1 aromatic heterocycles. The number of nitrogens with one attached hydrogen (secondary N) is 2. The Hall–Kier alpha value is -3.60. The molecule has 0 spiro atoms. The fourth-order valence-corrected chi connectivity index (χ4v) is 4.56. The van der Waals surface area contributed by atoms with Gasteiger partial charge in [-0.3, -0.25) is 5.32 Å². The summed E-state index contributed by atoms with van der Waals surface area (Å²) in [6.07, 6.45) is -3.58. The number of carbonyl (C=O) groups excluding carboxylic acids is 1. The van der Waals surface area contributed by atoms with Crippen LogP contribution in [0.25, 0.3) is 5.69 Å². The number of amides is 2. The van der Waals surface area contributed by atoms with Gasteiger partial charge in [-0.05, 0) is 49.7 Å². The predicted molar refractivity (Wildman–Crippen MR) is 132 cm³/mol. The van der Waals surface area contributed by atoms with E-state index in [2.05, 4.69) is 27.6 Å².